The fourth-order valence-electron chi connectivity index (χ4n) is 1.17. The van der Waals surface area contributed by atoms with Crippen molar-refractivity contribution in [3.63, 3.8) is 0 Å². The van der Waals surface area contributed by atoms with E-state index >= 15 is 0 Å². The van der Waals surface area contributed by atoms with Crippen LogP contribution in [0, 0.1) is 10.1 Å². The highest BCUT2D eigenvalue weighted by Crippen LogP contribution is 2.12. The number of nitro benzene ring substituents is 1. The second kappa shape index (κ2) is 5.74. The normalized spacial score (nSPS) is 9.60. The Labute approximate surface area is 86.8 Å². The van der Waals surface area contributed by atoms with Gasteiger partial charge in [-0.25, -0.2) is 4.79 Å². The Balaban J connectivity index is 2.42. The number of nitro groups is 1. The van der Waals surface area contributed by atoms with Crippen molar-refractivity contribution in [3.05, 3.63) is 39.9 Å². The molecular weight excluding hydrogens is 198 g/mol. The van der Waals surface area contributed by atoms with Gasteiger partial charge in [0.2, 0.25) is 0 Å². The molecule has 0 N–H and O–H groups in total. The number of carbonyl (C=O) groups excluding carboxylic acids is 1. The summed E-state index contributed by atoms with van der Waals surface area (Å²) >= 11 is 0. The van der Waals surface area contributed by atoms with Gasteiger partial charge in [-0.05, 0) is 18.4 Å². The van der Waals surface area contributed by atoms with Gasteiger partial charge in [-0.1, -0.05) is 12.1 Å². The van der Waals surface area contributed by atoms with Crippen LogP contribution in [0.4, 0.5) is 5.69 Å². The van der Waals surface area contributed by atoms with Crippen LogP contribution in [0.1, 0.15) is 12.0 Å². The van der Waals surface area contributed by atoms with Gasteiger partial charge in [0.15, 0.2) is 0 Å². The van der Waals surface area contributed by atoms with Gasteiger partial charge < -0.3 is 4.74 Å². The van der Waals surface area contributed by atoms with Crippen LogP contribution >= 0.6 is 0 Å². The minimum absolute atomic E-state index is 0.0798. The average molecular weight is 208 g/mol. The molecule has 15 heavy (non-hydrogen) atoms. The first kappa shape index (κ1) is 11.2. The quantitative estimate of drug-likeness (QED) is 0.404. The SMILES string of the molecule is O=[C]OCCCc1ccc([N+](=O)[O-])cc1. The Bertz CT molecular complexity index is 334. The summed E-state index contributed by atoms with van der Waals surface area (Å²) in [4.78, 5) is 19.6. The molecule has 0 heterocycles. The average Bonchev–Trinajstić information content (AvgIpc) is 2.25. The van der Waals surface area contributed by atoms with E-state index in [1.807, 2.05) is 0 Å². The van der Waals surface area contributed by atoms with Crippen LogP contribution in [0.25, 0.3) is 0 Å². The van der Waals surface area contributed by atoms with E-state index in [0.717, 1.165) is 12.0 Å². The van der Waals surface area contributed by atoms with E-state index < -0.39 is 4.92 Å². The number of non-ortho nitro benzene ring substituents is 1. The maximum absolute atomic E-state index is 10.4. The summed E-state index contributed by atoms with van der Waals surface area (Å²) in [5.74, 6) is 0. The first-order chi connectivity index (χ1) is 7.24. The topological polar surface area (TPSA) is 69.4 Å². The monoisotopic (exact) mass is 208 g/mol. The third-order valence-electron chi connectivity index (χ3n) is 1.92. The lowest BCUT2D eigenvalue weighted by Crippen LogP contribution is -1.95. The highest BCUT2D eigenvalue weighted by molar-refractivity contribution is 5.38. The van der Waals surface area contributed by atoms with Crippen LogP contribution in [0.15, 0.2) is 24.3 Å². The number of nitrogens with zero attached hydrogens (tertiary/aromatic N) is 1. The minimum atomic E-state index is -0.436. The van der Waals surface area contributed by atoms with Crippen LogP contribution in [0.5, 0.6) is 0 Å². The lowest BCUT2D eigenvalue weighted by molar-refractivity contribution is -0.384. The van der Waals surface area contributed by atoms with Crippen molar-refractivity contribution in [1.29, 1.82) is 0 Å². The molecule has 0 spiro atoms. The molecule has 0 aliphatic rings. The van der Waals surface area contributed by atoms with Gasteiger partial charge in [-0.2, -0.15) is 0 Å². The summed E-state index contributed by atoms with van der Waals surface area (Å²) in [5, 5.41) is 10.4. The summed E-state index contributed by atoms with van der Waals surface area (Å²) < 4.78 is 4.40. The maximum Gasteiger partial charge on any atom is 0.417 e. The number of aryl methyl sites for hydroxylation is 1. The summed E-state index contributed by atoms with van der Waals surface area (Å²) in [7, 11) is 0. The summed E-state index contributed by atoms with van der Waals surface area (Å²) in [6.07, 6.45) is 1.41. The number of hydrogen-bond donors (Lipinski definition) is 0. The molecule has 0 saturated carbocycles. The number of hydrogen-bond acceptors (Lipinski definition) is 4. The van der Waals surface area contributed by atoms with Crippen molar-refractivity contribution < 1.29 is 14.5 Å². The van der Waals surface area contributed by atoms with Crippen molar-refractivity contribution in [3.8, 4) is 0 Å². The maximum atomic E-state index is 10.4. The van der Waals surface area contributed by atoms with Gasteiger partial charge in [0.05, 0.1) is 11.5 Å². The van der Waals surface area contributed by atoms with Crippen LogP contribution < -0.4 is 0 Å². The molecule has 0 unspecified atom stereocenters. The van der Waals surface area contributed by atoms with E-state index in [9.17, 15) is 14.9 Å². The highest BCUT2D eigenvalue weighted by Gasteiger charge is 2.03. The van der Waals surface area contributed by atoms with Crippen molar-refractivity contribution in [2.24, 2.45) is 0 Å². The minimum Gasteiger partial charge on any atom is -0.457 e. The Hall–Kier alpha value is -1.91. The van der Waals surface area contributed by atoms with E-state index in [2.05, 4.69) is 4.74 Å². The van der Waals surface area contributed by atoms with E-state index in [-0.39, 0.29) is 5.69 Å². The van der Waals surface area contributed by atoms with Gasteiger partial charge in [-0.3, -0.25) is 10.1 Å². The summed E-state index contributed by atoms with van der Waals surface area (Å²) in [5.41, 5.74) is 1.06. The molecule has 5 nitrogen and oxygen atoms in total. The van der Waals surface area contributed by atoms with E-state index in [1.54, 1.807) is 12.1 Å². The largest absolute Gasteiger partial charge is 0.457 e. The first-order valence-corrected chi connectivity index (χ1v) is 4.46. The molecule has 5 heteroatoms. The predicted octanol–water partition coefficient (Wildman–Crippen LogP) is 1.61. The van der Waals surface area contributed by atoms with E-state index in [1.165, 1.54) is 18.6 Å². The van der Waals surface area contributed by atoms with Crippen LogP contribution in [-0.2, 0) is 16.0 Å². The second-order valence-electron chi connectivity index (χ2n) is 2.96. The second-order valence-corrected chi connectivity index (χ2v) is 2.96. The Morgan fingerprint density at radius 2 is 2.00 bits per heavy atom. The van der Waals surface area contributed by atoms with Gasteiger partial charge in [0.1, 0.15) is 0 Å². The van der Waals surface area contributed by atoms with E-state index in [4.69, 9.17) is 0 Å². The zero-order chi connectivity index (χ0) is 11.1. The molecule has 79 valence electrons. The predicted molar refractivity (Wildman–Crippen MR) is 53.1 cm³/mol. The molecule has 0 amide bonds. The summed E-state index contributed by atoms with van der Waals surface area (Å²) in [6.45, 7) is 1.66. The highest BCUT2D eigenvalue weighted by atomic mass is 16.6. The lowest BCUT2D eigenvalue weighted by atomic mass is 10.1. The standard InChI is InChI=1S/C10H10NO4/c12-8-15-7-1-2-9-3-5-10(6-4-9)11(13)14/h3-6H,1-2,7H2. The molecule has 1 radical (unpaired) electrons. The third kappa shape index (κ3) is 3.76. The zero-order valence-corrected chi connectivity index (χ0v) is 8.01. The Morgan fingerprint density at radius 1 is 1.33 bits per heavy atom. The zero-order valence-electron chi connectivity index (χ0n) is 8.01. The molecule has 0 aliphatic carbocycles. The molecule has 0 saturated heterocycles. The van der Waals surface area contributed by atoms with Crippen molar-refractivity contribution >= 4 is 12.2 Å². The molecule has 1 aromatic carbocycles. The van der Waals surface area contributed by atoms with Crippen molar-refractivity contribution in [2.45, 2.75) is 12.8 Å². The fraction of sp³-hybridized carbons (Fsp3) is 0.300. The molecule has 1 aromatic rings. The molecular formula is C10H10NO4. The molecule has 0 aliphatic heterocycles. The molecule has 1 rings (SSSR count). The number of ether oxygens (including phenoxy) is 1. The van der Waals surface area contributed by atoms with Crippen LogP contribution in [-0.4, -0.2) is 18.0 Å². The molecule has 0 fully saturated rings. The fourth-order valence-corrected chi connectivity index (χ4v) is 1.17. The molecule has 0 atom stereocenters. The van der Waals surface area contributed by atoms with Gasteiger partial charge in [-0.15, -0.1) is 0 Å². The number of benzene rings is 1. The summed E-state index contributed by atoms with van der Waals surface area (Å²) in [6, 6.07) is 6.32. The van der Waals surface area contributed by atoms with Crippen LogP contribution in [0.3, 0.4) is 0 Å². The van der Waals surface area contributed by atoms with Crippen LogP contribution in [0.2, 0.25) is 0 Å². The van der Waals surface area contributed by atoms with E-state index in [0.29, 0.717) is 13.0 Å². The molecule has 0 bridgehead atoms. The van der Waals surface area contributed by atoms with Gasteiger partial charge >= 0.3 is 6.47 Å². The number of rotatable bonds is 6. The smallest absolute Gasteiger partial charge is 0.417 e. The Morgan fingerprint density at radius 3 is 2.53 bits per heavy atom. The molecule has 0 aromatic heterocycles. The third-order valence-corrected chi connectivity index (χ3v) is 1.92. The van der Waals surface area contributed by atoms with Crippen molar-refractivity contribution in [2.75, 3.05) is 6.61 Å². The van der Waals surface area contributed by atoms with Gasteiger partial charge in [0, 0.05) is 12.1 Å². The van der Waals surface area contributed by atoms with Crippen molar-refractivity contribution in [1.82, 2.24) is 0 Å². The Kier molecular flexibility index (Phi) is 4.28. The lowest BCUT2D eigenvalue weighted by Gasteiger charge is -1.99. The first-order valence-electron chi connectivity index (χ1n) is 4.46. The van der Waals surface area contributed by atoms with Gasteiger partial charge in [0.25, 0.3) is 5.69 Å².